The van der Waals surface area contributed by atoms with Gasteiger partial charge in [-0.1, -0.05) is 41.9 Å². The number of hydrogen-bond donors (Lipinski definition) is 2. The lowest BCUT2D eigenvalue weighted by Gasteiger charge is -2.44. The Hall–Kier alpha value is -3.10. The molecule has 2 heterocycles. The fourth-order valence-corrected chi connectivity index (χ4v) is 5.08. The van der Waals surface area contributed by atoms with Crippen LogP contribution in [-0.2, 0) is 20.8 Å². The van der Waals surface area contributed by atoms with E-state index >= 15 is 0 Å². The Morgan fingerprint density at radius 2 is 1.74 bits per heavy atom. The molecule has 34 heavy (non-hydrogen) atoms. The first kappa shape index (κ1) is 24.0. The van der Waals surface area contributed by atoms with E-state index in [2.05, 4.69) is 0 Å². The molecule has 0 saturated carbocycles. The van der Waals surface area contributed by atoms with Crippen LogP contribution < -0.4 is 10.6 Å². The zero-order valence-corrected chi connectivity index (χ0v) is 19.5. The molecule has 3 N–H and O–H groups in total. The summed E-state index contributed by atoms with van der Waals surface area (Å²) < 4.78 is 0. The van der Waals surface area contributed by atoms with Crippen molar-refractivity contribution in [1.82, 2.24) is 9.80 Å². The summed E-state index contributed by atoms with van der Waals surface area (Å²) in [5, 5.41) is 10.2. The van der Waals surface area contributed by atoms with E-state index in [9.17, 15) is 19.5 Å². The van der Waals surface area contributed by atoms with Gasteiger partial charge in [-0.15, -0.1) is 0 Å². The lowest BCUT2D eigenvalue weighted by atomic mass is 9.85. The second kappa shape index (κ2) is 10.0. The second-order valence-corrected chi connectivity index (χ2v) is 9.03. The zero-order valence-electron chi connectivity index (χ0n) is 18.8. The van der Waals surface area contributed by atoms with Crippen LogP contribution >= 0.6 is 11.6 Å². The summed E-state index contributed by atoms with van der Waals surface area (Å²) >= 11 is 5.92. The standard InChI is InChI=1S/C25H28ClN4O4/c26-19-9-6-18(7-10-19)8-11-21(32)28-14-12-25(13-15-28)24(34)29(16-17-31)23(22(27)33)30(25)20-4-2-1-3-5-20/h1-7,9-11,23,31H,8,12-17H2,(H2,27,33)/t23-/m0/s1. The van der Waals surface area contributed by atoms with Crippen LogP contribution in [0.2, 0.25) is 5.02 Å². The molecule has 2 aromatic rings. The first-order chi connectivity index (χ1) is 16.4. The van der Waals surface area contributed by atoms with Crippen molar-refractivity contribution >= 4 is 35.0 Å². The smallest absolute Gasteiger partial charge is 0.261 e. The molecule has 2 aliphatic rings. The maximum Gasteiger partial charge on any atom is 0.261 e. The van der Waals surface area contributed by atoms with Crippen LogP contribution in [0.3, 0.4) is 0 Å². The molecule has 0 aliphatic carbocycles. The largest absolute Gasteiger partial charge is 0.395 e. The van der Waals surface area contributed by atoms with Gasteiger partial charge in [0, 0.05) is 30.3 Å². The lowest BCUT2D eigenvalue weighted by molar-refractivity contribution is -0.139. The van der Waals surface area contributed by atoms with Gasteiger partial charge in [-0.05, 0) is 49.1 Å². The van der Waals surface area contributed by atoms with Crippen LogP contribution in [0, 0.1) is 6.42 Å². The normalized spacial score (nSPS) is 19.6. The number of likely N-dealkylation sites (tertiary alicyclic amines) is 1. The molecule has 179 valence electrons. The molecule has 2 aliphatic heterocycles. The van der Waals surface area contributed by atoms with Crippen LogP contribution in [0.15, 0.2) is 54.6 Å². The van der Waals surface area contributed by atoms with Crippen molar-refractivity contribution in [2.45, 2.75) is 31.0 Å². The molecule has 9 heteroatoms. The molecule has 1 atom stereocenters. The van der Waals surface area contributed by atoms with E-state index in [4.69, 9.17) is 17.3 Å². The number of amides is 3. The lowest BCUT2D eigenvalue weighted by Crippen LogP contribution is -2.59. The van der Waals surface area contributed by atoms with Gasteiger partial charge >= 0.3 is 0 Å². The number of carbonyl (C=O) groups is 3. The zero-order chi connectivity index (χ0) is 24.3. The van der Waals surface area contributed by atoms with Gasteiger partial charge in [-0.2, -0.15) is 0 Å². The minimum absolute atomic E-state index is 0.00897. The molecule has 2 saturated heterocycles. The number of aliphatic hydroxyl groups excluding tert-OH is 1. The number of halogens is 1. The van der Waals surface area contributed by atoms with Gasteiger partial charge in [-0.25, -0.2) is 0 Å². The number of β-amino-alcohol motifs (C(OH)–C–C–N with tert-alkyl or cyclic N) is 1. The molecular formula is C25H28ClN4O4. The number of aliphatic hydroxyl groups is 1. The van der Waals surface area contributed by atoms with Crippen molar-refractivity contribution in [2.24, 2.45) is 5.73 Å². The maximum atomic E-state index is 13.6. The predicted octanol–water partition coefficient (Wildman–Crippen LogP) is 1.60. The van der Waals surface area contributed by atoms with Crippen LogP contribution in [-0.4, -0.2) is 70.6 Å². The number of para-hydroxylation sites is 1. The molecule has 0 aromatic heterocycles. The third-order valence-electron chi connectivity index (χ3n) is 6.62. The average molecular weight is 484 g/mol. The number of primary amides is 1. The number of rotatable bonds is 7. The Balaban J connectivity index is 1.53. The van der Waals surface area contributed by atoms with E-state index in [0.717, 1.165) is 5.56 Å². The Kier molecular flexibility index (Phi) is 7.09. The molecule has 1 spiro atoms. The number of nitrogens with zero attached hydrogens (tertiary/aromatic N) is 3. The van der Waals surface area contributed by atoms with Crippen LogP contribution in [0.1, 0.15) is 18.4 Å². The number of anilines is 1. The second-order valence-electron chi connectivity index (χ2n) is 8.60. The third-order valence-corrected chi connectivity index (χ3v) is 6.87. The molecule has 0 bridgehead atoms. The summed E-state index contributed by atoms with van der Waals surface area (Å²) in [6.45, 7) is 0.459. The van der Waals surface area contributed by atoms with E-state index in [-0.39, 0.29) is 25.0 Å². The monoisotopic (exact) mass is 483 g/mol. The van der Waals surface area contributed by atoms with Gasteiger partial charge in [0.1, 0.15) is 5.54 Å². The summed E-state index contributed by atoms with van der Waals surface area (Å²) in [5.41, 5.74) is 6.42. The number of carbonyl (C=O) groups excluding carboxylic acids is 3. The van der Waals surface area contributed by atoms with Gasteiger partial charge in [0.05, 0.1) is 13.0 Å². The molecule has 2 aromatic carbocycles. The Morgan fingerprint density at radius 1 is 1.09 bits per heavy atom. The molecule has 2 fully saturated rings. The van der Waals surface area contributed by atoms with Crippen molar-refractivity contribution in [1.29, 1.82) is 0 Å². The summed E-state index contributed by atoms with van der Waals surface area (Å²) in [6.07, 6.45) is 1.83. The van der Waals surface area contributed by atoms with E-state index in [1.807, 2.05) is 42.5 Å². The van der Waals surface area contributed by atoms with E-state index in [0.29, 0.717) is 43.1 Å². The molecule has 3 amide bonds. The van der Waals surface area contributed by atoms with Crippen LogP contribution in [0.25, 0.3) is 0 Å². The molecule has 1 radical (unpaired) electrons. The fourth-order valence-electron chi connectivity index (χ4n) is 4.95. The summed E-state index contributed by atoms with van der Waals surface area (Å²) in [6, 6.07) is 16.5. The average Bonchev–Trinajstić information content (AvgIpc) is 3.08. The highest BCUT2D eigenvalue weighted by Gasteiger charge is 2.59. The van der Waals surface area contributed by atoms with Crippen molar-refractivity contribution in [3.05, 3.63) is 71.6 Å². The third kappa shape index (κ3) is 4.48. The van der Waals surface area contributed by atoms with Gasteiger partial charge in [0.25, 0.3) is 11.8 Å². The number of piperidine rings is 1. The van der Waals surface area contributed by atoms with Crippen molar-refractivity contribution in [2.75, 3.05) is 31.1 Å². The minimum Gasteiger partial charge on any atom is -0.395 e. The van der Waals surface area contributed by atoms with Crippen molar-refractivity contribution in [3.63, 3.8) is 0 Å². The summed E-state index contributed by atoms with van der Waals surface area (Å²) in [4.78, 5) is 43.8. The molecule has 4 rings (SSSR count). The molecule has 8 nitrogen and oxygen atoms in total. The Morgan fingerprint density at radius 3 is 2.32 bits per heavy atom. The Labute approximate surface area is 203 Å². The predicted molar refractivity (Wildman–Crippen MR) is 129 cm³/mol. The maximum absolute atomic E-state index is 13.6. The summed E-state index contributed by atoms with van der Waals surface area (Å²) in [7, 11) is 0. The first-order valence-electron chi connectivity index (χ1n) is 11.3. The highest BCUT2D eigenvalue weighted by Crippen LogP contribution is 2.42. The minimum atomic E-state index is -1.01. The van der Waals surface area contributed by atoms with Gasteiger partial charge < -0.3 is 25.5 Å². The first-order valence-corrected chi connectivity index (χ1v) is 11.7. The number of hydrogen-bond acceptors (Lipinski definition) is 5. The number of nitrogens with two attached hydrogens (primary N) is 1. The fraction of sp³-hybridized carbons (Fsp3) is 0.360. The van der Waals surface area contributed by atoms with Crippen LogP contribution in [0.4, 0.5) is 5.69 Å². The van der Waals surface area contributed by atoms with Crippen molar-refractivity contribution < 1.29 is 19.5 Å². The van der Waals surface area contributed by atoms with E-state index in [1.165, 1.54) is 4.90 Å². The van der Waals surface area contributed by atoms with E-state index < -0.39 is 17.6 Å². The number of benzene rings is 2. The highest BCUT2D eigenvalue weighted by atomic mass is 35.5. The van der Waals surface area contributed by atoms with Gasteiger partial charge in [0.15, 0.2) is 6.17 Å². The quantitative estimate of drug-likeness (QED) is 0.622. The SMILES string of the molecule is NC(=O)[C@H]1N(CCO)C(=O)C2(CCN(C(=O)[CH]Cc3ccc(Cl)cc3)CC2)N1c1ccccc1. The molecular weight excluding hydrogens is 456 g/mol. The van der Waals surface area contributed by atoms with Gasteiger partial charge in [-0.3, -0.25) is 14.4 Å². The Bertz CT molecular complexity index is 1040. The highest BCUT2D eigenvalue weighted by molar-refractivity contribution is 6.30. The topological polar surface area (TPSA) is 107 Å². The summed E-state index contributed by atoms with van der Waals surface area (Å²) in [5.74, 6) is -0.996. The van der Waals surface area contributed by atoms with Crippen LogP contribution in [0.5, 0.6) is 0 Å². The van der Waals surface area contributed by atoms with Gasteiger partial charge in [0.2, 0.25) is 5.91 Å². The van der Waals surface area contributed by atoms with E-state index in [1.54, 1.807) is 28.4 Å². The van der Waals surface area contributed by atoms with Crippen molar-refractivity contribution in [3.8, 4) is 0 Å². The molecule has 0 unspecified atom stereocenters.